The second-order valence-electron chi connectivity index (χ2n) is 2.35. The third-order valence-corrected chi connectivity index (χ3v) is 2.04. The molecule has 0 aliphatic rings. The van der Waals surface area contributed by atoms with Crippen LogP contribution in [0.1, 0.15) is 0 Å². The standard InChI is InChI=1S/C7H12ClF2NOS/c1-13-5-7(12)11(3-2-8)4-6(9)10/h6H,2-5H2,1H3. The zero-order chi connectivity index (χ0) is 10.3. The van der Waals surface area contributed by atoms with Crippen LogP contribution in [-0.4, -0.2) is 48.2 Å². The molecule has 0 bridgehead atoms. The van der Waals surface area contributed by atoms with Crippen LogP contribution in [0.5, 0.6) is 0 Å². The Bertz CT molecular complexity index is 159. The molecule has 78 valence electrons. The Hall–Kier alpha value is -0.0300. The molecule has 0 spiro atoms. The maximum Gasteiger partial charge on any atom is 0.255 e. The summed E-state index contributed by atoms with van der Waals surface area (Å²) in [5.74, 6) is 0.129. The fourth-order valence-electron chi connectivity index (χ4n) is 0.801. The molecule has 1 amide bonds. The number of halogens is 3. The summed E-state index contributed by atoms with van der Waals surface area (Å²) < 4.78 is 23.9. The SMILES string of the molecule is CSCC(=O)N(CCCl)CC(F)F. The van der Waals surface area contributed by atoms with Crippen LogP contribution in [0.15, 0.2) is 0 Å². The van der Waals surface area contributed by atoms with Crippen molar-refractivity contribution in [2.24, 2.45) is 0 Å². The molecular formula is C7H12ClF2NOS. The fourth-order valence-corrected chi connectivity index (χ4v) is 1.43. The van der Waals surface area contributed by atoms with Crippen LogP contribution in [0.2, 0.25) is 0 Å². The van der Waals surface area contributed by atoms with Gasteiger partial charge in [0, 0.05) is 12.4 Å². The van der Waals surface area contributed by atoms with Crippen molar-refractivity contribution in [2.75, 3.05) is 31.0 Å². The van der Waals surface area contributed by atoms with E-state index in [4.69, 9.17) is 11.6 Å². The van der Waals surface area contributed by atoms with E-state index in [0.717, 1.165) is 4.90 Å². The van der Waals surface area contributed by atoms with E-state index in [1.165, 1.54) is 11.8 Å². The Morgan fingerprint density at radius 1 is 1.62 bits per heavy atom. The number of rotatable bonds is 6. The van der Waals surface area contributed by atoms with Crippen molar-refractivity contribution in [1.29, 1.82) is 0 Å². The number of thioether (sulfide) groups is 1. The second kappa shape index (κ2) is 7.38. The van der Waals surface area contributed by atoms with Gasteiger partial charge in [-0.1, -0.05) is 0 Å². The van der Waals surface area contributed by atoms with Gasteiger partial charge >= 0.3 is 0 Å². The summed E-state index contributed by atoms with van der Waals surface area (Å²) in [5, 5.41) is 0. The monoisotopic (exact) mass is 231 g/mol. The molecule has 0 aliphatic carbocycles. The van der Waals surface area contributed by atoms with Gasteiger partial charge in [-0.2, -0.15) is 11.8 Å². The van der Waals surface area contributed by atoms with E-state index >= 15 is 0 Å². The maximum atomic E-state index is 12.0. The molecule has 0 aromatic carbocycles. The van der Waals surface area contributed by atoms with E-state index < -0.39 is 13.0 Å². The first-order valence-electron chi connectivity index (χ1n) is 3.72. The molecule has 0 aliphatic heterocycles. The van der Waals surface area contributed by atoms with Crippen molar-refractivity contribution in [1.82, 2.24) is 4.90 Å². The third-order valence-electron chi connectivity index (χ3n) is 1.33. The number of alkyl halides is 3. The summed E-state index contributed by atoms with van der Waals surface area (Å²) >= 11 is 6.69. The lowest BCUT2D eigenvalue weighted by atomic mass is 10.4. The number of carbonyl (C=O) groups is 1. The highest BCUT2D eigenvalue weighted by Crippen LogP contribution is 2.03. The summed E-state index contributed by atoms with van der Waals surface area (Å²) in [6.07, 6.45) is -0.742. The molecule has 0 saturated heterocycles. The summed E-state index contributed by atoms with van der Waals surface area (Å²) in [7, 11) is 0. The van der Waals surface area contributed by atoms with Crippen molar-refractivity contribution < 1.29 is 13.6 Å². The van der Waals surface area contributed by atoms with E-state index in [1.54, 1.807) is 6.26 Å². The average Bonchev–Trinajstić information content (AvgIpc) is 2.03. The highest BCUT2D eigenvalue weighted by Gasteiger charge is 2.16. The van der Waals surface area contributed by atoms with Gasteiger partial charge in [0.15, 0.2) is 0 Å². The number of hydrogen-bond acceptors (Lipinski definition) is 2. The first-order valence-corrected chi connectivity index (χ1v) is 5.65. The predicted octanol–water partition coefficient (Wildman–Crippen LogP) is 1.68. The van der Waals surface area contributed by atoms with E-state index in [-0.39, 0.29) is 24.1 Å². The van der Waals surface area contributed by atoms with Crippen LogP contribution in [0.25, 0.3) is 0 Å². The Balaban J connectivity index is 3.98. The minimum Gasteiger partial charge on any atom is -0.335 e. The zero-order valence-corrected chi connectivity index (χ0v) is 8.88. The predicted molar refractivity (Wildman–Crippen MR) is 51.7 cm³/mol. The van der Waals surface area contributed by atoms with Crippen molar-refractivity contribution in [2.45, 2.75) is 6.43 Å². The molecule has 2 nitrogen and oxygen atoms in total. The van der Waals surface area contributed by atoms with Gasteiger partial charge in [-0.05, 0) is 6.26 Å². The van der Waals surface area contributed by atoms with Gasteiger partial charge in [0.1, 0.15) is 0 Å². The van der Waals surface area contributed by atoms with E-state index in [1.807, 2.05) is 0 Å². The topological polar surface area (TPSA) is 20.3 Å². The molecule has 0 atom stereocenters. The Morgan fingerprint density at radius 2 is 2.23 bits per heavy atom. The molecule has 0 N–H and O–H groups in total. The third kappa shape index (κ3) is 6.10. The lowest BCUT2D eigenvalue weighted by molar-refractivity contribution is -0.129. The largest absolute Gasteiger partial charge is 0.335 e. The summed E-state index contributed by atoms with van der Waals surface area (Å²) in [6.45, 7) is -0.336. The lowest BCUT2D eigenvalue weighted by Gasteiger charge is -2.20. The van der Waals surface area contributed by atoms with Crippen molar-refractivity contribution in [3.05, 3.63) is 0 Å². The van der Waals surface area contributed by atoms with Gasteiger partial charge in [-0.15, -0.1) is 11.6 Å². The fraction of sp³-hybridized carbons (Fsp3) is 0.857. The van der Waals surface area contributed by atoms with Crippen LogP contribution < -0.4 is 0 Å². The molecule has 0 radical (unpaired) electrons. The first kappa shape index (κ1) is 13.0. The van der Waals surface area contributed by atoms with Crippen LogP contribution >= 0.6 is 23.4 Å². The molecule has 0 rings (SSSR count). The number of carbonyl (C=O) groups excluding carboxylic acids is 1. The molecule has 0 aromatic heterocycles. The van der Waals surface area contributed by atoms with Gasteiger partial charge in [-0.25, -0.2) is 8.78 Å². The summed E-state index contributed by atoms with van der Waals surface area (Å²) in [6, 6.07) is 0. The van der Waals surface area contributed by atoms with Crippen molar-refractivity contribution >= 4 is 29.3 Å². The molecule has 6 heteroatoms. The van der Waals surface area contributed by atoms with Gasteiger partial charge in [-0.3, -0.25) is 4.79 Å². The van der Waals surface area contributed by atoms with E-state index in [0.29, 0.717) is 0 Å². The van der Waals surface area contributed by atoms with Crippen molar-refractivity contribution in [3.63, 3.8) is 0 Å². The van der Waals surface area contributed by atoms with Gasteiger partial charge in [0.05, 0.1) is 12.3 Å². The Kier molecular flexibility index (Phi) is 7.36. The maximum absolute atomic E-state index is 12.0. The highest BCUT2D eigenvalue weighted by molar-refractivity contribution is 7.99. The highest BCUT2D eigenvalue weighted by atomic mass is 35.5. The molecule has 13 heavy (non-hydrogen) atoms. The Morgan fingerprint density at radius 3 is 2.62 bits per heavy atom. The van der Waals surface area contributed by atoms with Crippen molar-refractivity contribution in [3.8, 4) is 0 Å². The minimum atomic E-state index is -2.49. The lowest BCUT2D eigenvalue weighted by Crippen LogP contribution is -2.37. The van der Waals surface area contributed by atoms with E-state index in [9.17, 15) is 13.6 Å². The Labute approximate surface area is 85.6 Å². The quantitative estimate of drug-likeness (QED) is 0.649. The smallest absolute Gasteiger partial charge is 0.255 e. The molecule has 0 fully saturated rings. The first-order chi connectivity index (χ1) is 6.11. The summed E-state index contributed by atoms with van der Waals surface area (Å²) in [4.78, 5) is 12.3. The minimum absolute atomic E-state index is 0.186. The van der Waals surface area contributed by atoms with Crippen LogP contribution in [0, 0.1) is 0 Å². The van der Waals surface area contributed by atoms with Crippen LogP contribution in [0.4, 0.5) is 8.78 Å². The number of amides is 1. The van der Waals surface area contributed by atoms with Crippen LogP contribution in [-0.2, 0) is 4.79 Å². The number of nitrogens with zero attached hydrogens (tertiary/aromatic N) is 1. The molecular weight excluding hydrogens is 220 g/mol. The molecule has 0 aromatic rings. The van der Waals surface area contributed by atoms with Gasteiger partial charge in [0.25, 0.3) is 6.43 Å². The van der Waals surface area contributed by atoms with Gasteiger partial charge < -0.3 is 4.90 Å². The zero-order valence-electron chi connectivity index (χ0n) is 7.30. The molecule has 0 unspecified atom stereocenters. The number of hydrogen-bond donors (Lipinski definition) is 0. The van der Waals surface area contributed by atoms with E-state index in [2.05, 4.69) is 0 Å². The average molecular weight is 232 g/mol. The molecule has 0 heterocycles. The molecule has 0 saturated carbocycles. The summed E-state index contributed by atoms with van der Waals surface area (Å²) in [5.41, 5.74) is 0. The second-order valence-corrected chi connectivity index (χ2v) is 3.60. The van der Waals surface area contributed by atoms with Gasteiger partial charge in [0.2, 0.25) is 5.91 Å². The van der Waals surface area contributed by atoms with Crippen LogP contribution in [0.3, 0.4) is 0 Å². The normalized spacial score (nSPS) is 10.5.